The van der Waals surface area contributed by atoms with Crippen molar-refractivity contribution < 1.29 is 0 Å². The summed E-state index contributed by atoms with van der Waals surface area (Å²) in [5.74, 6) is 0. The number of hydrogen-bond donors (Lipinski definition) is 0. The Labute approximate surface area is 159 Å². The molecule has 26 heavy (non-hydrogen) atoms. The van der Waals surface area contributed by atoms with Crippen LogP contribution in [-0.4, -0.2) is 0 Å². The van der Waals surface area contributed by atoms with Crippen molar-refractivity contribution in [2.45, 2.75) is 60.3 Å². The predicted molar refractivity (Wildman–Crippen MR) is 115 cm³/mol. The molecule has 3 aromatic rings. The zero-order valence-corrected chi connectivity index (χ0v) is 17.4. The van der Waals surface area contributed by atoms with Gasteiger partial charge >= 0.3 is 0 Å². The van der Waals surface area contributed by atoms with Crippen molar-refractivity contribution in [1.82, 2.24) is 0 Å². The smallest absolute Gasteiger partial charge is 0.0158 e. The van der Waals surface area contributed by atoms with E-state index in [2.05, 4.69) is 103 Å². The van der Waals surface area contributed by atoms with E-state index in [9.17, 15) is 0 Å². The first-order chi connectivity index (χ1) is 12.1. The van der Waals surface area contributed by atoms with Crippen LogP contribution in [0.5, 0.6) is 0 Å². The molecule has 3 rings (SSSR count). The predicted octanol–water partition coefficient (Wildman–Crippen LogP) is 7.37. The molecule has 0 aliphatic rings. The molecule has 0 saturated heterocycles. The van der Waals surface area contributed by atoms with Crippen LogP contribution in [0.3, 0.4) is 0 Å². The van der Waals surface area contributed by atoms with E-state index in [0.29, 0.717) is 5.41 Å². The highest BCUT2D eigenvalue weighted by molar-refractivity contribution is 5.88. The van der Waals surface area contributed by atoms with Crippen LogP contribution in [-0.2, 0) is 11.8 Å². The monoisotopic (exact) mass is 344 g/mol. The van der Waals surface area contributed by atoms with E-state index < -0.39 is 0 Å². The molecule has 3 aromatic carbocycles. The van der Waals surface area contributed by atoms with Crippen molar-refractivity contribution in [1.29, 1.82) is 0 Å². The summed E-state index contributed by atoms with van der Waals surface area (Å²) in [6.07, 6.45) is 1.10. The lowest BCUT2D eigenvalue weighted by Gasteiger charge is -2.32. The summed E-state index contributed by atoms with van der Waals surface area (Å²) in [7, 11) is 0. The van der Waals surface area contributed by atoms with Crippen LogP contribution < -0.4 is 0 Å². The lowest BCUT2D eigenvalue weighted by Crippen LogP contribution is -2.23. The quantitative estimate of drug-likeness (QED) is 0.465. The van der Waals surface area contributed by atoms with Crippen LogP contribution in [0.1, 0.15) is 62.4 Å². The third-order valence-corrected chi connectivity index (χ3v) is 5.47. The van der Waals surface area contributed by atoms with Gasteiger partial charge in [0.25, 0.3) is 0 Å². The molecule has 0 amide bonds. The number of fused-ring (bicyclic) bond motifs is 1. The van der Waals surface area contributed by atoms with Gasteiger partial charge in [-0.05, 0) is 64.3 Å². The van der Waals surface area contributed by atoms with E-state index in [1.807, 2.05) is 0 Å². The fraction of sp³-hybridized carbons (Fsp3) is 0.385. The van der Waals surface area contributed by atoms with Gasteiger partial charge in [0, 0.05) is 5.41 Å². The molecule has 0 radical (unpaired) electrons. The molecule has 0 atom stereocenters. The maximum atomic E-state index is 2.45. The molecule has 0 spiro atoms. The minimum atomic E-state index is -0.0388. The van der Waals surface area contributed by atoms with Gasteiger partial charge in [0.1, 0.15) is 0 Å². The average molecular weight is 345 g/mol. The third kappa shape index (κ3) is 3.56. The SMILES string of the molecule is Cc1ccc(CC(C)(C)C)cc1C(C)(C)c1c(C)ccc2ccccc12. The van der Waals surface area contributed by atoms with E-state index in [1.54, 1.807) is 0 Å². The van der Waals surface area contributed by atoms with Gasteiger partial charge in [-0.1, -0.05) is 89.2 Å². The second-order valence-electron chi connectivity index (χ2n) is 9.49. The highest BCUT2D eigenvalue weighted by Crippen LogP contribution is 2.40. The molecule has 0 aliphatic carbocycles. The zero-order chi connectivity index (χ0) is 19.1. The normalized spacial score (nSPS) is 12.6. The summed E-state index contributed by atoms with van der Waals surface area (Å²) in [4.78, 5) is 0. The van der Waals surface area contributed by atoms with E-state index >= 15 is 0 Å². The summed E-state index contributed by atoms with van der Waals surface area (Å²) in [5.41, 5.74) is 7.33. The lowest BCUT2D eigenvalue weighted by molar-refractivity contribution is 0.411. The van der Waals surface area contributed by atoms with Crippen molar-refractivity contribution in [3.8, 4) is 0 Å². The summed E-state index contributed by atoms with van der Waals surface area (Å²) >= 11 is 0. The molecule has 0 unspecified atom stereocenters. The first-order valence-electron chi connectivity index (χ1n) is 9.68. The van der Waals surface area contributed by atoms with Gasteiger partial charge in [-0.25, -0.2) is 0 Å². The molecule has 0 N–H and O–H groups in total. The van der Waals surface area contributed by atoms with Crippen LogP contribution in [0.25, 0.3) is 10.8 Å². The Morgan fingerprint density at radius 1 is 0.731 bits per heavy atom. The summed E-state index contributed by atoms with van der Waals surface area (Å²) in [6.45, 7) is 16.2. The number of hydrogen-bond acceptors (Lipinski definition) is 0. The lowest BCUT2D eigenvalue weighted by atomic mass is 9.72. The topological polar surface area (TPSA) is 0 Å². The van der Waals surface area contributed by atoms with Crippen molar-refractivity contribution in [3.05, 3.63) is 82.4 Å². The second kappa shape index (κ2) is 6.58. The standard InChI is InChI=1S/C26H32/c1-18-12-14-20(17-25(3,4)5)16-23(18)26(6,7)24-19(2)13-15-21-10-8-9-11-22(21)24/h8-16H,17H2,1-7H3. The summed E-state index contributed by atoms with van der Waals surface area (Å²) < 4.78 is 0. The van der Waals surface area contributed by atoms with Gasteiger partial charge in [-0.3, -0.25) is 0 Å². The van der Waals surface area contributed by atoms with Crippen molar-refractivity contribution in [2.75, 3.05) is 0 Å². The molecule has 0 heteroatoms. The van der Waals surface area contributed by atoms with E-state index in [4.69, 9.17) is 0 Å². The van der Waals surface area contributed by atoms with E-state index in [0.717, 1.165) is 6.42 Å². The minimum absolute atomic E-state index is 0.0388. The van der Waals surface area contributed by atoms with Gasteiger partial charge in [0.2, 0.25) is 0 Å². The molecule has 0 saturated carbocycles. The molecule has 0 bridgehead atoms. The van der Waals surface area contributed by atoms with Gasteiger partial charge in [0.15, 0.2) is 0 Å². The zero-order valence-electron chi connectivity index (χ0n) is 17.4. The Morgan fingerprint density at radius 2 is 1.38 bits per heavy atom. The Hall–Kier alpha value is -2.08. The molecule has 0 aromatic heterocycles. The first-order valence-corrected chi connectivity index (χ1v) is 9.68. The Balaban J connectivity index is 2.21. The molecule has 0 heterocycles. The summed E-state index contributed by atoms with van der Waals surface area (Å²) in [6, 6.07) is 20.3. The number of benzene rings is 3. The molecule has 0 fully saturated rings. The van der Waals surface area contributed by atoms with E-state index in [-0.39, 0.29) is 5.41 Å². The van der Waals surface area contributed by atoms with Crippen LogP contribution in [0.2, 0.25) is 0 Å². The molecule has 0 aliphatic heterocycles. The summed E-state index contributed by atoms with van der Waals surface area (Å²) in [5, 5.41) is 2.70. The maximum absolute atomic E-state index is 2.45. The van der Waals surface area contributed by atoms with Gasteiger partial charge < -0.3 is 0 Å². The second-order valence-corrected chi connectivity index (χ2v) is 9.49. The highest BCUT2D eigenvalue weighted by Gasteiger charge is 2.29. The van der Waals surface area contributed by atoms with Crippen LogP contribution in [0.4, 0.5) is 0 Å². The molecular formula is C26H32. The largest absolute Gasteiger partial charge is 0.0616 e. The third-order valence-electron chi connectivity index (χ3n) is 5.47. The molecule has 136 valence electrons. The first kappa shape index (κ1) is 18.7. The molecule has 0 nitrogen and oxygen atoms in total. The fourth-order valence-electron chi connectivity index (χ4n) is 4.41. The van der Waals surface area contributed by atoms with Crippen molar-refractivity contribution in [2.24, 2.45) is 5.41 Å². The van der Waals surface area contributed by atoms with Crippen molar-refractivity contribution >= 4 is 10.8 Å². The fourth-order valence-corrected chi connectivity index (χ4v) is 4.41. The van der Waals surface area contributed by atoms with Gasteiger partial charge in [-0.2, -0.15) is 0 Å². The number of aryl methyl sites for hydroxylation is 2. The van der Waals surface area contributed by atoms with Crippen molar-refractivity contribution in [3.63, 3.8) is 0 Å². The molecular weight excluding hydrogens is 312 g/mol. The van der Waals surface area contributed by atoms with Crippen LogP contribution >= 0.6 is 0 Å². The highest BCUT2D eigenvalue weighted by atomic mass is 14.3. The Morgan fingerprint density at radius 3 is 2.08 bits per heavy atom. The minimum Gasteiger partial charge on any atom is -0.0616 e. The Kier molecular flexibility index (Phi) is 4.73. The van der Waals surface area contributed by atoms with Crippen LogP contribution in [0, 0.1) is 19.3 Å². The average Bonchev–Trinajstić information content (AvgIpc) is 2.54. The van der Waals surface area contributed by atoms with Crippen LogP contribution in [0.15, 0.2) is 54.6 Å². The van der Waals surface area contributed by atoms with E-state index in [1.165, 1.54) is 38.6 Å². The van der Waals surface area contributed by atoms with Gasteiger partial charge in [0.05, 0.1) is 0 Å². The maximum Gasteiger partial charge on any atom is 0.0158 e. The van der Waals surface area contributed by atoms with Gasteiger partial charge in [-0.15, -0.1) is 0 Å². The number of rotatable bonds is 3. The Bertz CT molecular complexity index is 936.